The topological polar surface area (TPSA) is 93.0 Å². The van der Waals surface area contributed by atoms with Crippen molar-refractivity contribution in [2.45, 2.75) is 24.8 Å². The summed E-state index contributed by atoms with van der Waals surface area (Å²) in [5.74, 6) is 0. The van der Waals surface area contributed by atoms with E-state index in [-0.39, 0.29) is 10.6 Å². The Balaban J connectivity index is 1.58. The van der Waals surface area contributed by atoms with Crippen molar-refractivity contribution < 1.29 is 18.1 Å². The van der Waals surface area contributed by atoms with E-state index in [0.717, 1.165) is 29.8 Å². The molecule has 0 aromatic heterocycles. The number of fused-ring (bicyclic) bond motifs is 1. The molecule has 2 aliphatic rings. The van der Waals surface area contributed by atoms with Crippen LogP contribution in [0.25, 0.3) is 0 Å². The standard InChI is InChI=1S/C20H23N3O5S/c1-15-17(3-2-4-19(15)23(24)25)14-21-8-7-16-13-18(5-6-20(16)21)29(26,27)22-9-11-28-12-10-22/h2-6,13H,7-12,14H2,1H3. The van der Waals surface area contributed by atoms with Crippen molar-refractivity contribution in [3.8, 4) is 0 Å². The van der Waals surface area contributed by atoms with E-state index in [1.807, 2.05) is 12.1 Å². The number of ether oxygens (including phenoxy) is 1. The summed E-state index contributed by atoms with van der Waals surface area (Å²) in [4.78, 5) is 13.3. The molecule has 1 saturated heterocycles. The van der Waals surface area contributed by atoms with Crippen molar-refractivity contribution in [2.24, 2.45) is 0 Å². The van der Waals surface area contributed by atoms with Crippen LogP contribution in [0.5, 0.6) is 0 Å². The number of sulfonamides is 1. The van der Waals surface area contributed by atoms with Gasteiger partial charge >= 0.3 is 0 Å². The number of nitrogens with zero attached hydrogens (tertiary/aromatic N) is 3. The fourth-order valence-corrected chi connectivity index (χ4v) is 5.41. The second-order valence-electron chi connectivity index (χ2n) is 7.30. The lowest BCUT2D eigenvalue weighted by atomic mass is 10.1. The van der Waals surface area contributed by atoms with Crippen LogP contribution in [0.3, 0.4) is 0 Å². The lowest BCUT2D eigenvalue weighted by Crippen LogP contribution is -2.40. The smallest absolute Gasteiger partial charge is 0.272 e. The van der Waals surface area contributed by atoms with Crippen LogP contribution in [-0.4, -0.2) is 50.5 Å². The molecule has 2 heterocycles. The number of nitro benzene ring substituents is 1. The van der Waals surface area contributed by atoms with Gasteiger partial charge < -0.3 is 9.64 Å². The Morgan fingerprint density at radius 1 is 1.14 bits per heavy atom. The molecule has 29 heavy (non-hydrogen) atoms. The van der Waals surface area contributed by atoms with E-state index < -0.39 is 10.0 Å². The van der Waals surface area contributed by atoms with E-state index in [0.29, 0.717) is 43.3 Å². The Labute approximate surface area is 169 Å². The van der Waals surface area contributed by atoms with Crippen LogP contribution >= 0.6 is 0 Å². The molecular formula is C20H23N3O5S. The van der Waals surface area contributed by atoms with Crippen molar-refractivity contribution in [2.75, 3.05) is 37.7 Å². The second-order valence-corrected chi connectivity index (χ2v) is 9.23. The molecular weight excluding hydrogens is 394 g/mol. The van der Waals surface area contributed by atoms with Crippen LogP contribution in [0.4, 0.5) is 11.4 Å². The molecule has 0 atom stereocenters. The highest BCUT2D eigenvalue weighted by Crippen LogP contribution is 2.33. The predicted octanol–water partition coefficient (Wildman–Crippen LogP) is 2.49. The summed E-state index contributed by atoms with van der Waals surface area (Å²) in [5.41, 5.74) is 3.66. The highest BCUT2D eigenvalue weighted by molar-refractivity contribution is 7.89. The largest absolute Gasteiger partial charge is 0.379 e. The van der Waals surface area contributed by atoms with E-state index >= 15 is 0 Å². The molecule has 2 aliphatic heterocycles. The molecule has 0 spiro atoms. The van der Waals surface area contributed by atoms with Gasteiger partial charge in [0.2, 0.25) is 10.0 Å². The van der Waals surface area contributed by atoms with Gasteiger partial charge in [-0.05, 0) is 42.7 Å². The van der Waals surface area contributed by atoms with Gasteiger partial charge in [-0.1, -0.05) is 12.1 Å². The van der Waals surface area contributed by atoms with Crippen molar-refractivity contribution in [3.05, 3.63) is 63.2 Å². The molecule has 0 unspecified atom stereocenters. The van der Waals surface area contributed by atoms with Crippen molar-refractivity contribution >= 4 is 21.4 Å². The second kappa shape index (κ2) is 7.74. The van der Waals surface area contributed by atoms with E-state index in [1.165, 1.54) is 10.4 Å². The maximum atomic E-state index is 12.9. The lowest BCUT2D eigenvalue weighted by Gasteiger charge is -2.26. The molecule has 0 N–H and O–H groups in total. The van der Waals surface area contributed by atoms with Gasteiger partial charge in [-0.3, -0.25) is 10.1 Å². The van der Waals surface area contributed by atoms with Crippen LogP contribution in [0.2, 0.25) is 0 Å². The van der Waals surface area contributed by atoms with Crippen LogP contribution in [-0.2, 0) is 27.7 Å². The summed E-state index contributed by atoms with van der Waals surface area (Å²) in [5, 5.41) is 11.2. The zero-order valence-corrected chi connectivity index (χ0v) is 17.0. The Bertz CT molecular complexity index is 1050. The Morgan fingerprint density at radius 2 is 1.90 bits per heavy atom. The van der Waals surface area contributed by atoms with E-state index in [2.05, 4.69) is 4.90 Å². The van der Waals surface area contributed by atoms with Crippen molar-refractivity contribution in [1.29, 1.82) is 0 Å². The van der Waals surface area contributed by atoms with Gasteiger partial charge in [0.25, 0.3) is 5.69 Å². The summed E-state index contributed by atoms with van der Waals surface area (Å²) < 4.78 is 32.5. The Morgan fingerprint density at radius 3 is 2.62 bits per heavy atom. The molecule has 154 valence electrons. The number of morpholine rings is 1. The minimum Gasteiger partial charge on any atom is -0.379 e. The Kier molecular flexibility index (Phi) is 5.28. The van der Waals surface area contributed by atoms with E-state index in [1.54, 1.807) is 25.1 Å². The third kappa shape index (κ3) is 3.73. The number of anilines is 1. The summed E-state index contributed by atoms with van der Waals surface area (Å²) >= 11 is 0. The quantitative estimate of drug-likeness (QED) is 0.548. The van der Waals surface area contributed by atoms with Gasteiger partial charge in [0, 0.05) is 43.5 Å². The third-order valence-electron chi connectivity index (χ3n) is 5.63. The molecule has 0 radical (unpaired) electrons. The predicted molar refractivity (Wildman–Crippen MR) is 109 cm³/mol. The fourth-order valence-electron chi connectivity index (χ4n) is 3.95. The van der Waals surface area contributed by atoms with Gasteiger partial charge in [-0.15, -0.1) is 0 Å². The molecule has 0 aliphatic carbocycles. The van der Waals surface area contributed by atoms with Crippen LogP contribution in [0, 0.1) is 17.0 Å². The highest BCUT2D eigenvalue weighted by Gasteiger charge is 2.29. The zero-order chi connectivity index (χ0) is 20.6. The lowest BCUT2D eigenvalue weighted by molar-refractivity contribution is -0.385. The highest BCUT2D eigenvalue weighted by atomic mass is 32.2. The fraction of sp³-hybridized carbons (Fsp3) is 0.400. The van der Waals surface area contributed by atoms with E-state index in [4.69, 9.17) is 4.74 Å². The van der Waals surface area contributed by atoms with Crippen LogP contribution in [0.15, 0.2) is 41.3 Å². The number of nitro groups is 1. The van der Waals surface area contributed by atoms with Gasteiger partial charge in [-0.2, -0.15) is 4.31 Å². The molecule has 0 bridgehead atoms. The molecule has 2 aromatic carbocycles. The molecule has 0 amide bonds. The van der Waals surface area contributed by atoms with Crippen LogP contribution < -0.4 is 4.90 Å². The first-order chi connectivity index (χ1) is 13.9. The minimum absolute atomic E-state index is 0.119. The molecule has 0 saturated carbocycles. The van der Waals surface area contributed by atoms with Crippen molar-refractivity contribution in [3.63, 3.8) is 0 Å². The zero-order valence-electron chi connectivity index (χ0n) is 16.2. The molecule has 8 nitrogen and oxygen atoms in total. The summed E-state index contributed by atoms with van der Waals surface area (Å²) in [6.07, 6.45) is 0.746. The average molecular weight is 417 g/mol. The van der Waals surface area contributed by atoms with Gasteiger partial charge in [0.15, 0.2) is 0 Å². The van der Waals surface area contributed by atoms with Gasteiger partial charge in [0.1, 0.15) is 0 Å². The average Bonchev–Trinajstić information content (AvgIpc) is 3.12. The summed E-state index contributed by atoms with van der Waals surface area (Å²) in [6, 6.07) is 10.4. The first kappa shape index (κ1) is 19.8. The number of benzene rings is 2. The number of hydrogen-bond donors (Lipinski definition) is 0. The first-order valence-corrected chi connectivity index (χ1v) is 11.0. The third-order valence-corrected chi connectivity index (χ3v) is 7.52. The van der Waals surface area contributed by atoms with Crippen LogP contribution in [0.1, 0.15) is 16.7 Å². The minimum atomic E-state index is -3.52. The maximum absolute atomic E-state index is 12.9. The van der Waals surface area contributed by atoms with Gasteiger partial charge in [-0.25, -0.2) is 8.42 Å². The molecule has 1 fully saturated rings. The Hall–Kier alpha value is -2.49. The summed E-state index contributed by atoms with van der Waals surface area (Å²) in [6.45, 7) is 4.65. The SMILES string of the molecule is Cc1c(CN2CCc3cc(S(=O)(=O)N4CCOCC4)ccc32)cccc1[N+](=O)[O-]. The normalized spacial score (nSPS) is 17.3. The molecule has 2 aromatic rings. The number of rotatable bonds is 5. The molecule has 4 rings (SSSR count). The maximum Gasteiger partial charge on any atom is 0.272 e. The summed E-state index contributed by atoms with van der Waals surface area (Å²) in [7, 11) is -3.52. The van der Waals surface area contributed by atoms with E-state index in [9.17, 15) is 18.5 Å². The van der Waals surface area contributed by atoms with Crippen molar-refractivity contribution in [1.82, 2.24) is 4.31 Å². The first-order valence-electron chi connectivity index (χ1n) is 9.56. The van der Waals surface area contributed by atoms with Gasteiger partial charge in [0.05, 0.1) is 23.0 Å². The monoisotopic (exact) mass is 417 g/mol. The number of hydrogen-bond acceptors (Lipinski definition) is 6. The molecule has 9 heteroatoms.